The summed E-state index contributed by atoms with van der Waals surface area (Å²) >= 11 is 12.4. The van der Waals surface area contributed by atoms with Gasteiger partial charge in [0.1, 0.15) is 0 Å². The standard InChI is InChI=1S/C22H23Cl2N3/c23-16-3-1-2-15(12-16)14-27(19-7-5-18(25)6-8-19)22-10-11-26-21-13-17(24)4-9-20(21)22/h1-4,9-13,18-19H,5-8,14,25H2. The zero-order valence-electron chi connectivity index (χ0n) is 15.1. The summed E-state index contributed by atoms with van der Waals surface area (Å²) in [6, 6.07) is 16.9. The summed E-state index contributed by atoms with van der Waals surface area (Å²) < 4.78 is 0. The number of rotatable bonds is 4. The first kappa shape index (κ1) is 18.5. The van der Waals surface area contributed by atoms with Crippen molar-refractivity contribution in [2.45, 2.75) is 44.3 Å². The zero-order valence-corrected chi connectivity index (χ0v) is 16.6. The average Bonchev–Trinajstić information content (AvgIpc) is 2.66. The van der Waals surface area contributed by atoms with Crippen molar-refractivity contribution in [1.29, 1.82) is 0 Å². The molecule has 3 aromatic rings. The van der Waals surface area contributed by atoms with E-state index in [1.807, 2.05) is 36.5 Å². The molecular weight excluding hydrogens is 377 g/mol. The molecule has 2 N–H and O–H groups in total. The Labute approximate surface area is 170 Å². The summed E-state index contributed by atoms with van der Waals surface area (Å²) in [5.41, 5.74) is 9.47. The van der Waals surface area contributed by atoms with Crippen LogP contribution in [-0.4, -0.2) is 17.1 Å². The minimum absolute atomic E-state index is 0.322. The van der Waals surface area contributed by atoms with Crippen molar-refractivity contribution in [2.75, 3.05) is 4.90 Å². The molecule has 0 unspecified atom stereocenters. The second kappa shape index (κ2) is 8.05. The van der Waals surface area contributed by atoms with E-state index >= 15 is 0 Å². The van der Waals surface area contributed by atoms with Gasteiger partial charge in [-0.15, -0.1) is 0 Å². The first-order valence-electron chi connectivity index (χ1n) is 9.41. The number of nitrogens with zero attached hydrogens (tertiary/aromatic N) is 2. The molecule has 0 atom stereocenters. The second-order valence-corrected chi connectivity index (χ2v) is 8.19. The largest absolute Gasteiger partial charge is 0.364 e. The van der Waals surface area contributed by atoms with Crippen molar-refractivity contribution in [3.05, 3.63) is 70.3 Å². The van der Waals surface area contributed by atoms with E-state index in [1.165, 1.54) is 11.3 Å². The van der Waals surface area contributed by atoms with Crippen molar-refractivity contribution in [3.63, 3.8) is 0 Å². The van der Waals surface area contributed by atoms with Crippen LogP contribution < -0.4 is 10.6 Å². The van der Waals surface area contributed by atoms with Crippen LogP contribution in [0.1, 0.15) is 31.2 Å². The predicted molar refractivity (Wildman–Crippen MR) is 115 cm³/mol. The molecule has 0 bridgehead atoms. The molecule has 1 heterocycles. The van der Waals surface area contributed by atoms with Crippen molar-refractivity contribution in [2.24, 2.45) is 5.73 Å². The molecule has 27 heavy (non-hydrogen) atoms. The van der Waals surface area contributed by atoms with Gasteiger partial charge in [0.2, 0.25) is 0 Å². The van der Waals surface area contributed by atoms with Crippen LogP contribution in [0.15, 0.2) is 54.7 Å². The summed E-state index contributed by atoms with van der Waals surface area (Å²) in [5.74, 6) is 0. The third-order valence-corrected chi connectivity index (χ3v) is 5.89. The van der Waals surface area contributed by atoms with E-state index in [9.17, 15) is 0 Å². The van der Waals surface area contributed by atoms with Gasteiger partial charge in [0, 0.05) is 45.9 Å². The van der Waals surface area contributed by atoms with E-state index in [4.69, 9.17) is 28.9 Å². The number of nitrogens with two attached hydrogens (primary N) is 1. The Hall–Kier alpha value is -1.81. The van der Waals surface area contributed by atoms with E-state index in [0.29, 0.717) is 17.1 Å². The molecule has 1 saturated carbocycles. The highest BCUT2D eigenvalue weighted by atomic mass is 35.5. The minimum atomic E-state index is 0.322. The summed E-state index contributed by atoms with van der Waals surface area (Å²) in [6.07, 6.45) is 6.18. The van der Waals surface area contributed by atoms with Crippen LogP contribution in [-0.2, 0) is 6.54 Å². The number of anilines is 1. The fraction of sp³-hybridized carbons (Fsp3) is 0.318. The van der Waals surface area contributed by atoms with Crippen LogP contribution in [0.5, 0.6) is 0 Å². The molecule has 140 valence electrons. The Morgan fingerprint density at radius 2 is 1.74 bits per heavy atom. The number of hydrogen-bond donors (Lipinski definition) is 1. The van der Waals surface area contributed by atoms with Gasteiger partial charge in [0.25, 0.3) is 0 Å². The number of hydrogen-bond acceptors (Lipinski definition) is 3. The molecule has 0 amide bonds. The van der Waals surface area contributed by atoms with Gasteiger partial charge in [-0.3, -0.25) is 4.98 Å². The van der Waals surface area contributed by atoms with Crippen LogP contribution >= 0.6 is 23.2 Å². The molecule has 1 aliphatic rings. The lowest BCUT2D eigenvalue weighted by atomic mass is 9.90. The molecule has 0 radical (unpaired) electrons. The van der Waals surface area contributed by atoms with Crippen LogP contribution in [0.4, 0.5) is 5.69 Å². The molecule has 0 spiro atoms. The van der Waals surface area contributed by atoms with Gasteiger partial charge in [0.15, 0.2) is 0 Å². The highest BCUT2D eigenvalue weighted by Crippen LogP contribution is 2.34. The van der Waals surface area contributed by atoms with Crippen molar-refractivity contribution < 1.29 is 0 Å². The maximum Gasteiger partial charge on any atom is 0.0737 e. The molecule has 1 aromatic heterocycles. The van der Waals surface area contributed by atoms with Gasteiger partial charge < -0.3 is 10.6 Å². The lowest BCUT2D eigenvalue weighted by molar-refractivity contribution is 0.375. The molecule has 1 aliphatic carbocycles. The summed E-state index contributed by atoms with van der Waals surface area (Å²) in [6.45, 7) is 0.808. The third kappa shape index (κ3) is 4.21. The van der Waals surface area contributed by atoms with Crippen LogP contribution in [0.3, 0.4) is 0 Å². The summed E-state index contributed by atoms with van der Waals surface area (Å²) in [4.78, 5) is 7.01. The fourth-order valence-electron chi connectivity index (χ4n) is 4.01. The molecular formula is C22H23Cl2N3. The van der Waals surface area contributed by atoms with Crippen LogP contribution in [0.2, 0.25) is 10.0 Å². The highest BCUT2D eigenvalue weighted by Gasteiger charge is 2.26. The number of benzene rings is 2. The molecule has 0 saturated heterocycles. The van der Waals surface area contributed by atoms with Crippen molar-refractivity contribution >= 4 is 39.8 Å². The molecule has 0 aliphatic heterocycles. The SMILES string of the molecule is NC1CCC(N(Cc2cccc(Cl)c2)c2ccnc3cc(Cl)ccc23)CC1. The third-order valence-electron chi connectivity index (χ3n) is 5.42. The first-order valence-corrected chi connectivity index (χ1v) is 10.2. The summed E-state index contributed by atoms with van der Waals surface area (Å²) in [5, 5.41) is 2.60. The topological polar surface area (TPSA) is 42.1 Å². The Morgan fingerprint density at radius 3 is 2.52 bits per heavy atom. The average molecular weight is 400 g/mol. The maximum atomic E-state index is 6.23. The van der Waals surface area contributed by atoms with Gasteiger partial charge in [-0.2, -0.15) is 0 Å². The summed E-state index contributed by atoms with van der Waals surface area (Å²) in [7, 11) is 0. The Balaban J connectivity index is 1.75. The molecule has 2 aromatic carbocycles. The van der Waals surface area contributed by atoms with Gasteiger partial charge in [-0.1, -0.05) is 35.3 Å². The monoisotopic (exact) mass is 399 g/mol. The van der Waals surface area contributed by atoms with Crippen molar-refractivity contribution in [1.82, 2.24) is 4.98 Å². The Morgan fingerprint density at radius 1 is 0.963 bits per heavy atom. The second-order valence-electron chi connectivity index (χ2n) is 7.32. The van der Waals surface area contributed by atoms with Gasteiger partial charge in [-0.05, 0) is 67.6 Å². The molecule has 4 rings (SSSR count). The lowest BCUT2D eigenvalue weighted by Gasteiger charge is -2.38. The number of halogens is 2. The smallest absolute Gasteiger partial charge is 0.0737 e. The van der Waals surface area contributed by atoms with E-state index in [1.54, 1.807) is 0 Å². The fourth-order valence-corrected chi connectivity index (χ4v) is 4.39. The maximum absolute atomic E-state index is 6.23. The number of fused-ring (bicyclic) bond motifs is 1. The minimum Gasteiger partial charge on any atom is -0.364 e. The lowest BCUT2D eigenvalue weighted by Crippen LogP contribution is -2.40. The van der Waals surface area contributed by atoms with E-state index in [-0.39, 0.29) is 0 Å². The predicted octanol–water partition coefficient (Wildman–Crippen LogP) is 5.82. The first-order chi connectivity index (χ1) is 13.1. The zero-order chi connectivity index (χ0) is 18.8. The Kier molecular flexibility index (Phi) is 5.53. The molecule has 5 heteroatoms. The Bertz CT molecular complexity index is 936. The molecule has 3 nitrogen and oxygen atoms in total. The normalized spacial score (nSPS) is 20.0. The van der Waals surface area contributed by atoms with Crippen LogP contribution in [0.25, 0.3) is 10.9 Å². The molecule has 1 fully saturated rings. The van der Waals surface area contributed by atoms with Gasteiger partial charge >= 0.3 is 0 Å². The van der Waals surface area contributed by atoms with Crippen molar-refractivity contribution in [3.8, 4) is 0 Å². The number of aromatic nitrogens is 1. The highest BCUT2D eigenvalue weighted by molar-refractivity contribution is 6.31. The van der Waals surface area contributed by atoms with Gasteiger partial charge in [-0.25, -0.2) is 0 Å². The van der Waals surface area contributed by atoms with Crippen LogP contribution in [0, 0.1) is 0 Å². The number of pyridine rings is 1. The quantitative estimate of drug-likeness (QED) is 0.600. The van der Waals surface area contributed by atoms with E-state index in [0.717, 1.165) is 48.2 Å². The van der Waals surface area contributed by atoms with Gasteiger partial charge in [0.05, 0.1) is 5.52 Å². The van der Waals surface area contributed by atoms with E-state index in [2.05, 4.69) is 28.1 Å². The van der Waals surface area contributed by atoms with E-state index < -0.39 is 0 Å².